The molecule has 0 atom stereocenters. The predicted molar refractivity (Wildman–Crippen MR) is 56.2 cm³/mol. The Labute approximate surface area is 88.5 Å². The summed E-state index contributed by atoms with van der Waals surface area (Å²) in [7, 11) is 0. The van der Waals surface area contributed by atoms with Gasteiger partial charge in [-0.1, -0.05) is 24.3 Å². The van der Waals surface area contributed by atoms with E-state index in [4.69, 9.17) is 11.6 Å². The summed E-state index contributed by atoms with van der Waals surface area (Å²) in [6.45, 7) is 0.999. The van der Waals surface area contributed by atoms with Crippen LogP contribution in [0.1, 0.15) is 5.56 Å². The summed E-state index contributed by atoms with van der Waals surface area (Å²) >= 11 is 5.42. The number of benzene rings is 1. The van der Waals surface area contributed by atoms with E-state index in [-0.39, 0.29) is 6.03 Å². The summed E-state index contributed by atoms with van der Waals surface area (Å²) in [6.07, 6.45) is 0. The molecule has 0 fully saturated rings. The SMILES string of the molecule is O=C(NCCCl)NCc1cc[c]cc1. The van der Waals surface area contributed by atoms with Gasteiger partial charge in [-0.3, -0.25) is 0 Å². The van der Waals surface area contributed by atoms with Gasteiger partial charge in [0, 0.05) is 19.0 Å². The van der Waals surface area contributed by atoms with E-state index in [1.807, 2.05) is 24.3 Å². The van der Waals surface area contributed by atoms with Crippen LogP contribution in [0, 0.1) is 6.07 Å². The minimum Gasteiger partial charge on any atom is -0.337 e. The Bertz CT molecular complexity index is 277. The lowest BCUT2D eigenvalue weighted by Crippen LogP contribution is -2.35. The normalized spacial score (nSPS) is 9.50. The number of carbonyl (C=O) groups is 1. The van der Waals surface area contributed by atoms with Gasteiger partial charge in [0.1, 0.15) is 0 Å². The van der Waals surface area contributed by atoms with Crippen molar-refractivity contribution < 1.29 is 4.79 Å². The van der Waals surface area contributed by atoms with Gasteiger partial charge >= 0.3 is 6.03 Å². The molecule has 0 heterocycles. The summed E-state index contributed by atoms with van der Waals surface area (Å²) in [6, 6.07) is 10.1. The van der Waals surface area contributed by atoms with Gasteiger partial charge < -0.3 is 10.6 Å². The van der Waals surface area contributed by atoms with Crippen LogP contribution in [0.4, 0.5) is 4.79 Å². The summed E-state index contributed by atoms with van der Waals surface area (Å²) < 4.78 is 0. The van der Waals surface area contributed by atoms with Crippen LogP contribution in [0.2, 0.25) is 0 Å². The Morgan fingerprint density at radius 2 is 2.07 bits per heavy atom. The lowest BCUT2D eigenvalue weighted by Gasteiger charge is -2.05. The second-order valence-electron chi connectivity index (χ2n) is 2.71. The van der Waals surface area contributed by atoms with Gasteiger partial charge in [0.05, 0.1) is 0 Å². The van der Waals surface area contributed by atoms with E-state index in [9.17, 15) is 4.79 Å². The smallest absolute Gasteiger partial charge is 0.315 e. The molecule has 1 aromatic rings. The molecular formula is C10H12ClN2O. The first-order chi connectivity index (χ1) is 6.83. The first kappa shape index (κ1) is 10.9. The molecule has 0 unspecified atom stereocenters. The number of rotatable bonds is 4. The Morgan fingerprint density at radius 3 is 2.71 bits per heavy atom. The van der Waals surface area contributed by atoms with Gasteiger partial charge in [-0.15, -0.1) is 11.6 Å². The quantitative estimate of drug-likeness (QED) is 0.729. The highest BCUT2D eigenvalue weighted by Crippen LogP contribution is 1.96. The minimum atomic E-state index is -0.196. The third kappa shape index (κ3) is 4.14. The molecule has 0 saturated heterocycles. The van der Waals surface area contributed by atoms with Crippen molar-refractivity contribution in [3.05, 3.63) is 35.9 Å². The molecule has 0 aliphatic carbocycles. The molecule has 0 aliphatic heterocycles. The maximum Gasteiger partial charge on any atom is 0.315 e. The molecule has 0 saturated carbocycles. The van der Waals surface area contributed by atoms with E-state index in [0.717, 1.165) is 5.56 Å². The summed E-state index contributed by atoms with van der Waals surface area (Å²) in [5.74, 6) is 0.424. The topological polar surface area (TPSA) is 41.1 Å². The number of halogens is 1. The van der Waals surface area contributed by atoms with E-state index < -0.39 is 0 Å². The van der Waals surface area contributed by atoms with Crippen LogP contribution in [-0.2, 0) is 6.54 Å². The average Bonchev–Trinajstić information content (AvgIpc) is 2.25. The Morgan fingerprint density at radius 1 is 1.36 bits per heavy atom. The van der Waals surface area contributed by atoms with Crippen LogP contribution in [0.3, 0.4) is 0 Å². The van der Waals surface area contributed by atoms with Crippen molar-refractivity contribution in [2.75, 3.05) is 12.4 Å². The van der Waals surface area contributed by atoms with Gasteiger partial charge in [0.2, 0.25) is 0 Å². The molecule has 2 N–H and O–H groups in total. The van der Waals surface area contributed by atoms with Crippen molar-refractivity contribution in [2.24, 2.45) is 0 Å². The van der Waals surface area contributed by atoms with Crippen molar-refractivity contribution in [2.45, 2.75) is 6.54 Å². The molecule has 0 aliphatic rings. The molecule has 14 heavy (non-hydrogen) atoms. The third-order valence-corrected chi connectivity index (χ3v) is 1.81. The number of hydrogen-bond acceptors (Lipinski definition) is 1. The summed E-state index contributed by atoms with van der Waals surface area (Å²) in [5.41, 5.74) is 1.05. The van der Waals surface area contributed by atoms with Crippen LogP contribution in [0.5, 0.6) is 0 Å². The van der Waals surface area contributed by atoms with Crippen LogP contribution >= 0.6 is 11.6 Å². The fourth-order valence-electron chi connectivity index (χ4n) is 0.945. The van der Waals surface area contributed by atoms with E-state index in [2.05, 4.69) is 16.7 Å². The molecule has 0 bridgehead atoms. The maximum atomic E-state index is 11.1. The average molecular weight is 212 g/mol. The van der Waals surface area contributed by atoms with Crippen LogP contribution in [-0.4, -0.2) is 18.5 Å². The zero-order chi connectivity index (χ0) is 10.2. The van der Waals surface area contributed by atoms with Crippen molar-refractivity contribution in [3.63, 3.8) is 0 Å². The number of nitrogens with one attached hydrogen (secondary N) is 2. The molecule has 1 aromatic carbocycles. The maximum absolute atomic E-state index is 11.1. The molecule has 3 nitrogen and oxygen atoms in total. The molecule has 2 amide bonds. The van der Waals surface area contributed by atoms with Crippen LogP contribution < -0.4 is 10.6 Å². The highest BCUT2D eigenvalue weighted by atomic mass is 35.5. The van der Waals surface area contributed by atoms with E-state index in [1.54, 1.807) is 0 Å². The van der Waals surface area contributed by atoms with Crippen molar-refractivity contribution in [1.29, 1.82) is 0 Å². The second-order valence-corrected chi connectivity index (χ2v) is 3.08. The minimum absolute atomic E-state index is 0.196. The van der Waals surface area contributed by atoms with Gasteiger partial charge in [-0.05, 0) is 11.6 Å². The first-order valence-corrected chi connectivity index (χ1v) is 4.89. The fourth-order valence-corrected chi connectivity index (χ4v) is 1.04. The molecule has 0 spiro atoms. The predicted octanol–water partition coefficient (Wildman–Crippen LogP) is 1.52. The van der Waals surface area contributed by atoms with Crippen LogP contribution in [0.25, 0.3) is 0 Å². The van der Waals surface area contributed by atoms with Crippen LogP contribution in [0.15, 0.2) is 24.3 Å². The Hall–Kier alpha value is -1.22. The van der Waals surface area contributed by atoms with Gasteiger partial charge in [0.25, 0.3) is 0 Å². The number of carbonyl (C=O) groups excluding carboxylic acids is 1. The standard InChI is InChI=1S/C10H12ClN2O/c11-6-7-12-10(14)13-8-9-4-2-1-3-5-9/h2-5H,6-8H2,(H2,12,13,14). The number of alkyl halides is 1. The summed E-state index contributed by atoms with van der Waals surface area (Å²) in [5, 5.41) is 5.32. The molecular weight excluding hydrogens is 200 g/mol. The highest BCUT2D eigenvalue weighted by molar-refractivity contribution is 6.18. The molecule has 75 valence electrons. The van der Waals surface area contributed by atoms with Gasteiger partial charge in [-0.25, -0.2) is 4.79 Å². The fraction of sp³-hybridized carbons (Fsp3) is 0.300. The third-order valence-electron chi connectivity index (χ3n) is 1.62. The summed E-state index contributed by atoms with van der Waals surface area (Å²) in [4.78, 5) is 11.1. The molecule has 1 rings (SSSR count). The van der Waals surface area contributed by atoms with Crippen molar-refractivity contribution in [3.8, 4) is 0 Å². The Balaban J connectivity index is 2.24. The monoisotopic (exact) mass is 211 g/mol. The largest absolute Gasteiger partial charge is 0.337 e. The molecule has 4 heteroatoms. The van der Waals surface area contributed by atoms with Crippen molar-refractivity contribution >= 4 is 17.6 Å². The Kier molecular flexibility index (Phi) is 4.86. The number of urea groups is 1. The van der Waals surface area contributed by atoms with Gasteiger partial charge in [-0.2, -0.15) is 0 Å². The first-order valence-electron chi connectivity index (χ1n) is 4.35. The highest BCUT2D eigenvalue weighted by Gasteiger charge is 1.97. The molecule has 0 aromatic heterocycles. The number of hydrogen-bond donors (Lipinski definition) is 2. The lowest BCUT2D eigenvalue weighted by molar-refractivity contribution is 0.241. The van der Waals surface area contributed by atoms with E-state index in [0.29, 0.717) is 19.0 Å². The van der Waals surface area contributed by atoms with E-state index >= 15 is 0 Å². The second kappa shape index (κ2) is 6.27. The van der Waals surface area contributed by atoms with Gasteiger partial charge in [0.15, 0.2) is 0 Å². The van der Waals surface area contributed by atoms with E-state index in [1.165, 1.54) is 0 Å². The zero-order valence-electron chi connectivity index (χ0n) is 7.72. The number of amides is 2. The molecule has 1 radical (unpaired) electrons. The zero-order valence-corrected chi connectivity index (χ0v) is 8.47. The lowest BCUT2D eigenvalue weighted by atomic mass is 10.2. The van der Waals surface area contributed by atoms with Crippen molar-refractivity contribution in [1.82, 2.24) is 10.6 Å².